The molecule has 0 aromatic heterocycles. The van der Waals surface area contributed by atoms with E-state index in [-0.39, 0.29) is 24.8 Å². The Hall–Kier alpha value is -1.10. The van der Waals surface area contributed by atoms with Gasteiger partial charge in [-0.3, -0.25) is 9.59 Å². The first kappa shape index (κ1) is 19.9. The molecule has 5 nitrogen and oxygen atoms in total. The number of esters is 2. The Morgan fingerprint density at radius 1 is 0.905 bits per heavy atom. The molecular weight excluding hydrogens is 272 g/mol. The molecule has 0 bridgehead atoms. The molecular formula is C16H30O5. The Labute approximate surface area is 128 Å². The van der Waals surface area contributed by atoms with E-state index in [1.807, 2.05) is 13.8 Å². The van der Waals surface area contributed by atoms with Crippen LogP contribution in [0.5, 0.6) is 0 Å². The summed E-state index contributed by atoms with van der Waals surface area (Å²) >= 11 is 0. The first-order chi connectivity index (χ1) is 9.95. The van der Waals surface area contributed by atoms with E-state index in [0.29, 0.717) is 31.5 Å². The van der Waals surface area contributed by atoms with Gasteiger partial charge in [0.1, 0.15) is 0 Å². The fraction of sp³-hybridized carbons (Fsp3) is 0.875. The van der Waals surface area contributed by atoms with E-state index in [1.54, 1.807) is 7.11 Å². The summed E-state index contributed by atoms with van der Waals surface area (Å²) in [4.78, 5) is 22.8. The summed E-state index contributed by atoms with van der Waals surface area (Å²) in [7, 11) is 1.68. The van der Waals surface area contributed by atoms with E-state index in [0.717, 1.165) is 19.4 Å². The Balaban J connectivity index is 3.52. The molecule has 1 unspecified atom stereocenters. The second-order valence-electron chi connectivity index (χ2n) is 5.83. The minimum atomic E-state index is -0.246. The van der Waals surface area contributed by atoms with E-state index in [1.165, 1.54) is 0 Å². The van der Waals surface area contributed by atoms with Gasteiger partial charge in [0.05, 0.1) is 13.2 Å². The molecule has 0 aromatic carbocycles. The van der Waals surface area contributed by atoms with Gasteiger partial charge in [0.25, 0.3) is 0 Å². The minimum Gasteiger partial charge on any atom is -0.466 e. The van der Waals surface area contributed by atoms with Crippen LogP contribution in [0.1, 0.15) is 52.9 Å². The second kappa shape index (κ2) is 12.6. The van der Waals surface area contributed by atoms with Crippen molar-refractivity contribution in [2.75, 3.05) is 26.9 Å². The van der Waals surface area contributed by atoms with Gasteiger partial charge in [0.2, 0.25) is 0 Å². The number of ether oxygens (including phenoxy) is 3. The maximum atomic E-state index is 11.5. The van der Waals surface area contributed by atoms with Gasteiger partial charge in [-0.05, 0) is 31.1 Å². The van der Waals surface area contributed by atoms with Crippen molar-refractivity contribution in [1.82, 2.24) is 0 Å². The van der Waals surface area contributed by atoms with Crippen LogP contribution in [0.25, 0.3) is 0 Å². The molecule has 1 atom stereocenters. The minimum absolute atomic E-state index is 0.245. The molecule has 0 aliphatic rings. The normalized spacial score (nSPS) is 12.2. The molecule has 0 N–H and O–H groups in total. The zero-order valence-electron chi connectivity index (χ0n) is 13.9. The SMILES string of the molecule is COCCC(C)CCOC(=O)CCCC(=O)OCC(C)C. The highest BCUT2D eigenvalue weighted by atomic mass is 16.5. The first-order valence-electron chi connectivity index (χ1n) is 7.75. The van der Waals surface area contributed by atoms with Crippen LogP contribution in [-0.4, -0.2) is 38.9 Å². The van der Waals surface area contributed by atoms with E-state index in [2.05, 4.69) is 6.92 Å². The Bertz CT molecular complexity index is 288. The highest BCUT2D eigenvalue weighted by molar-refractivity contribution is 5.72. The number of carbonyl (C=O) groups is 2. The fourth-order valence-electron chi connectivity index (χ4n) is 1.62. The highest BCUT2D eigenvalue weighted by Crippen LogP contribution is 2.08. The van der Waals surface area contributed by atoms with Crippen LogP contribution in [0, 0.1) is 11.8 Å². The molecule has 124 valence electrons. The summed E-state index contributed by atoms with van der Waals surface area (Å²) in [6.07, 6.45) is 2.82. The molecule has 21 heavy (non-hydrogen) atoms. The van der Waals surface area contributed by atoms with Crippen molar-refractivity contribution in [2.24, 2.45) is 11.8 Å². The number of rotatable bonds is 12. The number of carbonyl (C=O) groups excluding carboxylic acids is 2. The van der Waals surface area contributed by atoms with Crippen molar-refractivity contribution < 1.29 is 23.8 Å². The third-order valence-corrected chi connectivity index (χ3v) is 3.03. The van der Waals surface area contributed by atoms with Gasteiger partial charge in [0, 0.05) is 26.6 Å². The van der Waals surface area contributed by atoms with Gasteiger partial charge in [-0.2, -0.15) is 0 Å². The largest absolute Gasteiger partial charge is 0.466 e. The van der Waals surface area contributed by atoms with Crippen LogP contribution >= 0.6 is 0 Å². The number of methoxy groups -OCH3 is 1. The Kier molecular flexibility index (Phi) is 12.0. The summed E-state index contributed by atoms with van der Waals surface area (Å²) in [6, 6.07) is 0. The predicted octanol–water partition coefficient (Wildman–Crippen LogP) is 2.96. The number of hydrogen-bond donors (Lipinski definition) is 0. The highest BCUT2D eigenvalue weighted by Gasteiger charge is 2.09. The summed E-state index contributed by atoms with van der Waals surface area (Å²) < 4.78 is 15.2. The summed E-state index contributed by atoms with van der Waals surface area (Å²) in [5, 5.41) is 0. The lowest BCUT2D eigenvalue weighted by molar-refractivity contribution is -0.146. The van der Waals surface area contributed by atoms with Gasteiger partial charge < -0.3 is 14.2 Å². The van der Waals surface area contributed by atoms with E-state index >= 15 is 0 Å². The van der Waals surface area contributed by atoms with Crippen LogP contribution in [0.2, 0.25) is 0 Å². The molecule has 5 heteroatoms. The van der Waals surface area contributed by atoms with E-state index in [9.17, 15) is 9.59 Å². The second-order valence-corrected chi connectivity index (χ2v) is 5.83. The van der Waals surface area contributed by atoms with Gasteiger partial charge in [-0.15, -0.1) is 0 Å². The molecule has 0 saturated carbocycles. The number of hydrogen-bond acceptors (Lipinski definition) is 5. The molecule has 0 fully saturated rings. The molecule has 0 radical (unpaired) electrons. The predicted molar refractivity (Wildman–Crippen MR) is 80.9 cm³/mol. The van der Waals surface area contributed by atoms with E-state index in [4.69, 9.17) is 14.2 Å². The summed E-state index contributed by atoms with van der Waals surface area (Å²) in [6.45, 7) is 7.67. The molecule has 0 heterocycles. The standard InChI is InChI=1S/C16H30O5/c1-13(2)12-21-16(18)7-5-6-15(17)20-11-9-14(3)8-10-19-4/h13-14H,5-12H2,1-4H3. The molecule has 0 aromatic rings. The van der Waals surface area contributed by atoms with Gasteiger partial charge in [-0.25, -0.2) is 0 Å². The molecule has 0 amide bonds. The van der Waals surface area contributed by atoms with Crippen molar-refractivity contribution >= 4 is 11.9 Å². The fourth-order valence-corrected chi connectivity index (χ4v) is 1.62. The van der Waals surface area contributed by atoms with Gasteiger partial charge >= 0.3 is 11.9 Å². The average Bonchev–Trinajstić information content (AvgIpc) is 2.42. The van der Waals surface area contributed by atoms with Crippen molar-refractivity contribution in [3.05, 3.63) is 0 Å². The lowest BCUT2D eigenvalue weighted by Crippen LogP contribution is -2.12. The third kappa shape index (κ3) is 13.6. The zero-order valence-corrected chi connectivity index (χ0v) is 13.9. The van der Waals surface area contributed by atoms with Crippen LogP contribution in [0.15, 0.2) is 0 Å². The van der Waals surface area contributed by atoms with Crippen molar-refractivity contribution in [3.8, 4) is 0 Å². The van der Waals surface area contributed by atoms with Gasteiger partial charge in [-0.1, -0.05) is 20.8 Å². The topological polar surface area (TPSA) is 61.8 Å². The third-order valence-electron chi connectivity index (χ3n) is 3.03. The van der Waals surface area contributed by atoms with Crippen LogP contribution in [0.4, 0.5) is 0 Å². The molecule has 0 spiro atoms. The monoisotopic (exact) mass is 302 g/mol. The quantitative estimate of drug-likeness (QED) is 0.519. The van der Waals surface area contributed by atoms with E-state index < -0.39 is 0 Å². The van der Waals surface area contributed by atoms with Gasteiger partial charge in [0.15, 0.2) is 0 Å². The smallest absolute Gasteiger partial charge is 0.305 e. The zero-order chi connectivity index (χ0) is 16.1. The summed E-state index contributed by atoms with van der Waals surface area (Å²) in [5.41, 5.74) is 0. The Morgan fingerprint density at radius 3 is 2.05 bits per heavy atom. The maximum Gasteiger partial charge on any atom is 0.305 e. The van der Waals surface area contributed by atoms with Crippen LogP contribution in [0.3, 0.4) is 0 Å². The lowest BCUT2D eigenvalue weighted by Gasteiger charge is -2.11. The van der Waals surface area contributed by atoms with Crippen LogP contribution in [-0.2, 0) is 23.8 Å². The molecule has 0 aliphatic carbocycles. The maximum absolute atomic E-state index is 11.5. The van der Waals surface area contributed by atoms with Crippen LogP contribution < -0.4 is 0 Å². The first-order valence-corrected chi connectivity index (χ1v) is 7.75. The van der Waals surface area contributed by atoms with Crippen molar-refractivity contribution in [3.63, 3.8) is 0 Å². The van der Waals surface area contributed by atoms with Crippen molar-refractivity contribution in [1.29, 1.82) is 0 Å². The Morgan fingerprint density at radius 2 is 1.48 bits per heavy atom. The lowest BCUT2D eigenvalue weighted by atomic mass is 10.1. The molecule has 0 aliphatic heterocycles. The average molecular weight is 302 g/mol. The van der Waals surface area contributed by atoms with Crippen molar-refractivity contribution in [2.45, 2.75) is 52.9 Å². The summed E-state index contributed by atoms with van der Waals surface area (Å²) in [5.74, 6) is 0.318. The molecule has 0 saturated heterocycles. The molecule has 0 rings (SSSR count).